The van der Waals surface area contributed by atoms with Gasteiger partial charge >= 0.3 is 6.09 Å². The summed E-state index contributed by atoms with van der Waals surface area (Å²) in [5, 5.41) is -0.254. The zero-order valence-corrected chi connectivity index (χ0v) is 19.7. The van der Waals surface area contributed by atoms with Gasteiger partial charge in [0.15, 0.2) is 14.9 Å². The predicted octanol–water partition coefficient (Wildman–Crippen LogP) is 3.38. The molecule has 0 radical (unpaired) electrons. The number of carbonyl (C=O) groups excluding carboxylic acids is 1. The summed E-state index contributed by atoms with van der Waals surface area (Å²) in [6.07, 6.45) is 4.96. The third-order valence-corrected chi connectivity index (χ3v) is 7.36. The number of rotatable bonds is 6. The van der Waals surface area contributed by atoms with Gasteiger partial charge in [0.05, 0.1) is 17.5 Å². The number of carbonyl (C=O) groups is 1. The van der Waals surface area contributed by atoms with Crippen molar-refractivity contribution in [3.8, 4) is 17.5 Å². The molecule has 3 heterocycles. The van der Waals surface area contributed by atoms with Crippen LogP contribution in [0.5, 0.6) is 17.5 Å². The molecule has 2 aliphatic rings. The normalized spacial score (nSPS) is 17.5. The summed E-state index contributed by atoms with van der Waals surface area (Å²) in [6, 6.07) is 4.56. The molecule has 1 saturated carbocycles. The molecular formula is C22H28N4O6S. The summed E-state index contributed by atoms with van der Waals surface area (Å²) in [5.74, 6) is 0.975. The van der Waals surface area contributed by atoms with Crippen molar-refractivity contribution in [2.75, 3.05) is 13.1 Å². The van der Waals surface area contributed by atoms with Crippen LogP contribution in [0.15, 0.2) is 35.7 Å². The molecule has 1 amide bonds. The Bertz CT molecular complexity index is 1090. The SMILES string of the molecule is CC(C)(C)OC(=O)N1CCC(Oc2cc(Oc3ccc(S(=O)(=O)C4CC4)nc3)ncn2)CC1. The van der Waals surface area contributed by atoms with Gasteiger partial charge in [-0.3, -0.25) is 0 Å². The second-order valence-electron chi connectivity index (χ2n) is 9.16. The lowest BCUT2D eigenvalue weighted by molar-refractivity contribution is 0.0123. The third kappa shape index (κ3) is 6.10. The van der Waals surface area contributed by atoms with Crippen LogP contribution in [0.3, 0.4) is 0 Å². The lowest BCUT2D eigenvalue weighted by Gasteiger charge is -2.33. The summed E-state index contributed by atoms with van der Waals surface area (Å²) < 4.78 is 41.6. The molecule has 11 heteroatoms. The maximum atomic E-state index is 12.2. The second kappa shape index (κ2) is 9.12. The van der Waals surface area contributed by atoms with E-state index < -0.39 is 15.4 Å². The smallest absolute Gasteiger partial charge is 0.410 e. The number of sulfone groups is 1. The number of hydrogen-bond acceptors (Lipinski definition) is 9. The molecule has 10 nitrogen and oxygen atoms in total. The van der Waals surface area contributed by atoms with Crippen LogP contribution in [0.4, 0.5) is 4.79 Å². The van der Waals surface area contributed by atoms with Gasteiger partial charge in [0.2, 0.25) is 11.8 Å². The van der Waals surface area contributed by atoms with E-state index >= 15 is 0 Å². The number of ether oxygens (including phenoxy) is 3. The number of likely N-dealkylation sites (tertiary alicyclic amines) is 1. The predicted molar refractivity (Wildman–Crippen MR) is 118 cm³/mol. The standard InChI is InChI=1S/C22H28N4O6S/c1-22(2,3)32-21(27)26-10-8-15(9-11-26)30-18-12-19(25-14-24-18)31-16-4-7-20(23-13-16)33(28,29)17-5-6-17/h4,7,12-15,17H,5-6,8-11H2,1-3H3. The summed E-state index contributed by atoms with van der Waals surface area (Å²) in [4.78, 5) is 26.1. The number of pyridine rings is 1. The average Bonchev–Trinajstić information content (AvgIpc) is 3.60. The van der Waals surface area contributed by atoms with Crippen LogP contribution in [0, 0.1) is 0 Å². The average molecular weight is 477 g/mol. The fraction of sp³-hybridized carbons (Fsp3) is 0.545. The first-order valence-electron chi connectivity index (χ1n) is 10.9. The highest BCUT2D eigenvalue weighted by molar-refractivity contribution is 7.92. The number of amides is 1. The number of hydrogen-bond donors (Lipinski definition) is 0. The first-order chi connectivity index (χ1) is 15.6. The minimum absolute atomic E-state index is 0.0572. The molecule has 33 heavy (non-hydrogen) atoms. The number of piperidine rings is 1. The van der Waals surface area contributed by atoms with E-state index in [2.05, 4.69) is 15.0 Å². The molecule has 0 atom stereocenters. The van der Waals surface area contributed by atoms with Crippen LogP contribution in [0.1, 0.15) is 46.5 Å². The van der Waals surface area contributed by atoms with E-state index in [1.807, 2.05) is 20.8 Å². The Balaban J connectivity index is 1.31. The maximum Gasteiger partial charge on any atom is 0.410 e. The molecular weight excluding hydrogens is 448 g/mol. The van der Waals surface area contributed by atoms with Gasteiger partial charge < -0.3 is 19.1 Å². The zero-order chi connectivity index (χ0) is 23.6. The van der Waals surface area contributed by atoms with Crippen molar-refractivity contribution in [3.05, 3.63) is 30.7 Å². The first kappa shape index (κ1) is 23.2. The van der Waals surface area contributed by atoms with Crippen molar-refractivity contribution in [2.45, 2.75) is 68.4 Å². The van der Waals surface area contributed by atoms with Crippen molar-refractivity contribution < 1.29 is 27.4 Å². The van der Waals surface area contributed by atoms with Crippen LogP contribution in [0.2, 0.25) is 0 Å². The molecule has 2 fully saturated rings. The maximum absolute atomic E-state index is 12.2. The first-order valence-corrected chi connectivity index (χ1v) is 12.5. The number of aromatic nitrogens is 3. The lowest BCUT2D eigenvalue weighted by Crippen LogP contribution is -2.44. The topological polar surface area (TPSA) is 121 Å². The molecule has 4 rings (SSSR count). The van der Waals surface area contributed by atoms with E-state index in [1.165, 1.54) is 18.6 Å². The molecule has 1 saturated heterocycles. The molecule has 0 unspecified atom stereocenters. The monoisotopic (exact) mass is 476 g/mol. The Kier molecular flexibility index (Phi) is 6.42. The Morgan fingerprint density at radius 2 is 1.73 bits per heavy atom. The molecule has 0 N–H and O–H groups in total. The molecule has 0 bridgehead atoms. The van der Waals surface area contributed by atoms with Gasteiger partial charge in [-0.1, -0.05) is 0 Å². The van der Waals surface area contributed by atoms with Crippen molar-refractivity contribution >= 4 is 15.9 Å². The molecule has 1 aliphatic carbocycles. The van der Waals surface area contributed by atoms with Crippen molar-refractivity contribution in [1.82, 2.24) is 19.9 Å². The molecule has 0 aromatic carbocycles. The third-order valence-electron chi connectivity index (χ3n) is 5.18. The molecule has 2 aromatic heterocycles. The fourth-order valence-corrected chi connectivity index (χ4v) is 4.92. The highest BCUT2D eigenvalue weighted by Crippen LogP contribution is 2.33. The summed E-state index contributed by atoms with van der Waals surface area (Å²) in [7, 11) is -3.34. The van der Waals surface area contributed by atoms with E-state index in [9.17, 15) is 13.2 Å². The van der Waals surface area contributed by atoms with E-state index in [4.69, 9.17) is 14.2 Å². The van der Waals surface area contributed by atoms with E-state index in [-0.39, 0.29) is 28.4 Å². The summed E-state index contributed by atoms with van der Waals surface area (Å²) in [6.45, 7) is 6.60. The van der Waals surface area contributed by atoms with Crippen molar-refractivity contribution in [3.63, 3.8) is 0 Å². The van der Waals surface area contributed by atoms with Crippen LogP contribution in [-0.2, 0) is 14.6 Å². The van der Waals surface area contributed by atoms with Crippen LogP contribution >= 0.6 is 0 Å². The van der Waals surface area contributed by atoms with Crippen molar-refractivity contribution in [1.29, 1.82) is 0 Å². The molecule has 178 valence electrons. The van der Waals surface area contributed by atoms with Gasteiger partial charge in [-0.05, 0) is 45.7 Å². The zero-order valence-electron chi connectivity index (χ0n) is 18.9. The van der Waals surface area contributed by atoms with Gasteiger partial charge in [0.25, 0.3) is 0 Å². The van der Waals surface area contributed by atoms with E-state index in [0.717, 1.165) is 0 Å². The van der Waals surface area contributed by atoms with Crippen LogP contribution in [0.25, 0.3) is 0 Å². The van der Waals surface area contributed by atoms with E-state index in [1.54, 1.807) is 17.0 Å². The summed E-state index contributed by atoms with van der Waals surface area (Å²) in [5.41, 5.74) is -0.525. The molecule has 1 aliphatic heterocycles. The van der Waals surface area contributed by atoms with E-state index in [0.29, 0.717) is 50.4 Å². The van der Waals surface area contributed by atoms with Crippen LogP contribution < -0.4 is 9.47 Å². The second-order valence-corrected chi connectivity index (χ2v) is 11.3. The molecule has 0 spiro atoms. The number of nitrogens with zero attached hydrogens (tertiary/aromatic N) is 4. The summed E-state index contributed by atoms with van der Waals surface area (Å²) >= 11 is 0. The van der Waals surface area contributed by atoms with Gasteiger partial charge in [-0.25, -0.2) is 28.2 Å². The minimum atomic E-state index is -3.34. The Hall–Kier alpha value is -2.95. The Morgan fingerprint density at radius 1 is 1.03 bits per heavy atom. The van der Waals surface area contributed by atoms with Gasteiger partial charge in [0.1, 0.15) is 23.8 Å². The largest absolute Gasteiger partial charge is 0.474 e. The quantitative estimate of drug-likeness (QED) is 0.617. The van der Waals surface area contributed by atoms with Crippen LogP contribution in [-0.4, -0.2) is 64.4 Å². The van der Waals surface area contributed by atoms with Crippen molar-refractivity contribution in [2.24, 2.45) is 0 Å². The Labute approximate surface area is 193 Å². The fourth-order valence-electron chi connectivity index (χ4n) is 3.36. The molecule has 2 aromatic rings. The highest BCUT2D eigenvalue weighted by Gasteiger charge is 2.37. The highest BCUT2D eigenvalue weighted by atomic mass is 32.2. The lowest BCUT2D eigenvalue weighted by atomic mass is 10.1. The van der Waals surface area contributed by atoms with Gasteiger partial charge in [-0.2, -0.15) is 0 Å². The van der Waals surface area contributed by atoms with Gasteiger partial charge in [-0.15, -0.1) is 0 Å². The minimum Gasteiger partial charge on any atom is -0.474 e. The Morgan fingerprint density at radius 3 is 2.33 bits per heavy atom. The van der Waals surface area contributed by atoms with Gasteiger partial charge in [0, 0.05) is 25.9 Å².